The molecule has 0 spiro atoms. The molecule has 40 heavy (non-hydrogen) atoms. The number of nitrogens with one attached hydrogen (secondary N) is 3. The standard InChI is InChI=1S/C32H47FN4O3/c1-6-34-24-19-25(30(33)27(20-24)37-17-11-15-29(37)39)31(40)36-26(18-23-13-8-7-9-14-23)28(38)21-35-32(4,5)16-10-12-22(2)3/h7-9,13-14,19-20,22,26,28,34-35,38H,6,10-12,15-18,21H2,1-5H3,(H,36,40)/t26-,28+/m0/s1. The van der Waals surface area contributed by atoms with E-state index in [1.54, 1.807) is 6.07 Å². The SMILES string of the molecule is CCNc1cc(C(=O)N[C@@H](Cc2ccccc2)[C@H](O)CNC(C)(C)CCCC(C)C)c(F)c(N2CCCC2=O)c1. The average Bonchev–Trinajstić information content (AvgIpc) is 3.33. The Morgan fingerprint density at radius 2 is 1.90 bits per heavy atom. The van der Waals surface area contributed by atoms with Crippen LogP contribution in [0.25, 0.3) is 0 Å². The highest BCUT2D eigenvalue weighted by Gasteiger charge is 2.30. The second-order valence-corrected chi connectivity index (χ2v) is 11.9. The molecule has 8 heteroatoms. The second-order valence-electron chi connectivity index (χ2n) is 11.9. The summed E-state index contributed by atoms with van der Waals surface area (Å²) in [6.07, 6.45) is 3.68. The van der Waals surface area contributed by atoms with E-state index in [1.807, 2.05) is 37.3 Å². The van der Waals surface area contributed by atoms with E-state index in [0.717, 1.165) is 24.8 Å². The number of benzene rings is 2. The molecule has 0 aliphatic carbocycles. The molecular formula is C32H47FN4O3. The van der Waals surface area contributed by atoms with Crippen molar-refractivity contribution < 1.29 is 19.1 Å². The lowest BCUT2D eigenvalue weighted by molar-refractivity contribution is -0.117. The van der Waals surface area contributed by atoms with Crippen molar-refractivity contribution in [2.24, 2.45) is 5.92 Å². The van der Waals surface area contributed by atoms with Crippen LogP contribution in [0.2, 0.25) is 0 Å². The van der Waals surface area contributed by atoms with Gasteiger partial charge in [0.2, 0.25) is 5.91 Å². The smallest absolute Gasteiger partial charge is 0.254 e. The highest BCUT2D eigenvalue weighted by molar-refractivity contribution is 6.00. The van der Waals surface area contributed by atoms with Crippen molar-refractivity contribution >= 4 is 23.2 Å². The van der Waals surface area contributed by atoms with Crippen LogP contribution in [0.4, 0.5) is 15.8 Å². The van der Waals surface area contributed by atoms with Gasteiger partial charge in [-0.3, -0.25) is 9.59 Å². The Balaban J connectivity index is 1.82. The second kappa shape index (κ2) is 14.6. The van der Waals surface area contributed by atoms with Crippen LogP contribution in [0.5, 0.6) is 0 Å². The normalized spacial score (nSPS) is 15.4. The van der Waals surface area contributed by atoms with Gasteiger partial charge in [-0.1, -0.05) is 57.0 Å². The Hall–Kier alpha value is -2.97. The molecule has 220 valence electrons. The lowest BCUT2D eigenvalue weighted by atomic mass is 9.93. The third kappa shape index (κ3) is 9.03. The number of carbonyl (C=O) groups is 2. The molecule has 7 nitrogen and oxygen atoms in total. The van der Waals surface area contributed by atoms with Gasteiger partial charge in [-0.15, -0.1) is 0 Å². The maximum Gasteiger partial charge on any atom is 0.254 e. The van der Waals surface area contributed by atoms with Crippen LogP contribution in [-0.2, 0) is 11.2 Å². The zero-order valence-electron chi connectivity index (χ0n) is 24.7. The summed E-state index contributed by atoms with van der Waals surface area (Å²) in [5, 5.41) is 20.8. The predicted molar refractivity (Wildman–Crippen MR) is 160 cm³/mol. The lowest BCUT2D eigenvalue weighted by Crippen LogP contribution is -2.52. The number of carbonyl (C=O) groups excluding carboxylic acids is 2. The Bertz CT molecular complexity index is 1120. The maximum absolute atomic E-state index is 15.8. The number of rotatable bonds is 15. The van der Waals surface area contributed by atoms with E-state index < -0.39 is 23.9 Å². The summed E-state index contributed by atoms with van der Waals surface area (Å²) in [4.78, 5) is 27.4. The molecule has 4 N–H and O–H groups in total. The molecule has 1 heterocycles. The minimum atomic E-state index is -0.909. The van der Waals surface area contributed by atoms with Crippen molar-refractivity contribution in [3.63, 3.8) is 0 Å². The summed E-state index contributed by atoms with van der Waals surface area (Å²) in [6.45, 7) is 11.8. The van der Waals surface area contributed by atoms with Gasteiger partial charge in [-0.25, -0.2) is 4.39 Å². The van der Waals surface area contributed by atoms with Gasteiger partial charge in [-0.2, -0.15) is 0 Å². The highest BCUT2D eigenvalue weighted by Crippen LogP contribution is 2.30. The number of halogens is 1. The van der Waals surface area contributed by atoms with Crippen LogP contribution in [0.15, 0.2) is 42.5 Å². The van der Waals surface area contributed by atoms with Crippen molar-refractivity contribution in [3.05, 3.63) is 59.4 Å². The van der Waals surface area contributed by atoms with E-state index in [4.69, 9.17) is 0 Å². The summed E-state index contributed by atoms with van der Waals surface area (Å²) in [5.74, 6) is -0.867. The number of β-amino-alcohol motifs (C(OH)–C–C–N with tert-alkyl or cyclic N) is 1. The summed E-state index contributed by atoms with van der Waals surface area (Å²) in [5.41, 5.74) is 1.29. The molecule has 0 aromatic heterocycles. The minimum absolute atomic E-state index is 0.107. The molecule has 2 amide bonds. The van der Waals surface area contributed by atoms with Crippen LogP contribution < -0.4 is 20.9 Å². The van der Waals surface area contributed by atoms with Crippen molar-refractivity contribution in [2.45, 2.75) is 90.8 Å². The van der Waals surface area contributed by atoms with Gasteiger partial charge in [0, 0.05) is 37.3 Å². The van der Waals surface area contributed by atoms with Crippen LogP contribution in [0, 0.1) is 11.7 Å². The lowest BCUT2D eigenvalue weighted by Gasteiger charge is -2.31. The number of anilines is 2. The van der Waals surface area contributed by atoms with E-state index in [1.165, 1.54) is 11.0 Å². The van der Waals surface area contributed by atoms with Crippen molar-refractivity contribution in [1.82, 2.24) is 10.6 Å². The number of hydrogen-bond acceptors (Lipinski definition) is 5. The molecule has 0 bridgehead atoms. The first kappa shape index (κ1) is 31.6. The molecule has 2 aromatic carbocycles. The summed E-state index contributed by atoms with van der Waals surface area (Å²) in [6, 6.07) is 12.0. The molecule has 0 unspecified atom stereocenters. The first-order valence-corrected chi connectivity index (χ1v) is 14.7. The first-order valence-electron chi connectivity index (χ1n) is 14.7. The van der Waals surface area contributed by atoms with Crippen molar-refractivity contribution in [2.75, 3.05) is 29.9 Å². The average molecular weight is 555 g/mol. The van der Waals surface area contributed by atoms with Crippen molar-refractivity contribution in [1.29, 1.82) is 0 Å². The Kier molecular flexibility index (Phi) is 11.5. The van der Waals surface area contributed by atoms with E-state index >= 15 is 4.39 Å². The van der Waals surface area contributed by atoms with Crippen LogP contribution in [-0.4, -0.2) is 54.2 Å². The number of aliphatic hydroxyl groups is 1. The fourth-order valence-corrected chi connectivity index (χ4v) is 5.14. The van der Waals surface area contributed by atoms with E-state index in [-0.39, 0.29) is 29.2 Å². The van der Waals surface area contributed by atoms with E-state index in [0.29, 0.717) is 44.0 Å². The monoisotopic (exact) mass is 554 g/mol. The van der Waals surface area contributed by atoms with Crippen LogP contribution in [0.1, 0.15) is 82.6 Å². The Morgan fingerprint density at radius 3 is 2.52 bits per heavy atom. The minimum Gasteiger partial charge on any atom is -0.390 e. The molecule has 1 aliphatic rings. The van der Waals surface area contributed by atoms with E-state index in [9.17, 15) is 14.7 Å². The third-order valence-corrected chi connectivity index (χ3v) is 7.50. The Morgan fingerprint density at radius 1 is 1.18 bits per heavy atom. The molecule has 2 aromatic rings. The highest BCUT2D eigenvalue weighted by atomic mass is 19.1. The van der Waals surface area contributed by atoms with Crippen molar-refractivity contribution in [3.8, 4) is 0 Å². The van der Waals surface area contributed by atoms with Gasteiger partial charge in [0.25, 0.3) is 5.91 Å². The summed E-state index contributed by atoms with van der Waals surface area (Å²) < 4.78 is 15.8. The number of hydrogen-bond donors (Lipinski definition) is 4. The molecule has 1 saturated heterocycles. The summed E-state index contributed by atoms with van der Waals surface area (Å²) in [7, 11) is 0. The third-order valence-electron chi connectivity index (χ3n) is 7.50. The molecule has 1 aliphatic heterocycles. The topological polar surface area (TPSA) is 93.7 Å². The van der Waals surface area contributed by atoms with Gasteiger partial charge >= 0.3 is 0 Å². The molecule has 0 radical (unpaired) electrons. The van der Waals surface area contributed by atoms with Crippen LogP contribution >= 0.6 is 0 Å². The van der Waals surface area contributed by atoms with Gasteiger partial charge in [0.1, 0.15) is 0 Å². The zero-order chi connectivity index (χ0) is 29.3. The summed E-state index contributed by atoms with van der Waals surface area (Å²) >= 11 is 0. The zero-order valence-corrected chi connectivity index (χ0v) is 24.7. The molecule has 2 atom stereocenters. The Labute approximate surface area is 238 Å². The van der Waals surface area contributed by atoms with Gasteiger partial charge < -0.3 is 26.0 Å². The van der Waals surface area contributed by atoms with Gasteiger partial charge in [0.05, 0.1) is 23.4 Å². The first-order chi connectivity index (χ1) is 19.0. The molecule has 0 saturated carbocycles. The van der Waals surface area contributed by atoms with Crippen LogP contribution in [0.3, 0.4) is 0 Å². The van der Waals surface area contributed by atoms with Gasteiger partial charge in [-0.05, 0) is 63.6 Å². The molecule has 1 fully saturated rings. The fraction of sp³-hybridized carbons (Fsp3) is 0.562. The number of amides is 2. The van der Waals surface area contributed by atoms with E-state index in [2.05, 4.69) is 43.6 Å². The molecule has 3 rings (SSSR count). The largest absolute Gasteiger partial charge is 0.390 e. The molecular weight excluding hydrogens is 507 g/mol. The van der Waals surface area contributed by atoms with Gasteiger partial charge in [0.15, 0.2) is 5.82 Å². The fourth-order valence-electron chi connectivity index (χ4n) is 5.14. The number of aliphatic hydroxyl groups excluding tert-OH is 1. The number of nitrogens with zero attached hydrogens (tertiary/aromatic N) is 1. The quantitative estimate of drug-likeness (QED) is 0.240. The maximum atomic E-state index is 15.8. The predicted octanol–water partition coefficient (Wildman–Crippen LogP) is 5.28.